The minimum Gasteiger partial charge on any atom is -0.463 e. The molecule has 2 aliphatic rings. The number of aryl methyl sites for hydroxylation is 1. The maximum atomic E-state index is 12.7. The fourth-order valence-electron chi connectivity index (χ4n) is 6.04. The van der Waals surface area contributed by atoms with E-state index >= 15 is 0 Å². The van der Waals surface area contributed by atoms with Crippen LogP contribution in [-0.2, 0) is 33.3 Å². The summed E-state index contributed by atoms with van der Waals surface area (Å²) < 4.78 is 47.4. The number of carbonyl (C=O) groups is 2. The Hall–Kier alpha value is -2.28. The van der Waals surface area contributed by atoms with E-state index in [4.69, 9.17) is 18.4 Å². The van der Waals surface area contributed by atoms with Gasteiger partial charge in [-0.3, -0.25) is 4.79 Å². The van der Waals surface area contributed by atoms with Gasteiger partial charge in [-0.2, -0.15) is 8.42 Å². The molecule has 0 spiro atoms. The molecule has 3 atom stereocenters. The van der Waals surface area contributed by atoms with Gasteiger partial charge in [0.25, 0.3) is 10.1 Å². The number of rotatable bonds is 27. The van der Waals surface area contributed by atoms with Gasteiger partial charge in [0.2, 0.25) is 5.56 Å². The lowest BCUT2D eigenvalue weighted by molar-refractivity contribution is -0.147. The number of benzene rings is 1. The van der Waals surface area contributed by atoms with Crippen LogP contribution in [0.3, 0.4) is 0 Å². The fourth-order valence-corrected chi connectivity index (χ4v) is 8.14. The Morgan fingerprint density at radius 2 is 1.50 bits per heavy atom. The topological polar surface area (TPSA) is 120 Å². The summed E-state index contributed by atoms with van der Waals surface area (Å²) in [5.74, 6) is -0.166. The van der Waals surface area contributed by atoms with Crippen molar-refractivity contribution in [3.8, 4) is 0 Å². The van der Waals surface area contributed by atoms with Gasteiger partial charge < -0.3 is 24.4 Å². The maximum absolute atomic E-state index is 12.7. The highest BCUT2D eigenvalue weighted by atomic mass is 32.2. The monoisotopic (exact) mass is 738 g/mol. The Morgan fingerprint density at radius 3 is 2.18 bits per heavy atom. The highest BCUT2D eigenvalue weighted by Crippen LogP contribution is 2.30. The Balaban J connectivity index is 1.12. The van der Waals surface area contributed by atoms with Crippen molar-refractivity contribution < 1.29 is 36.4 Å². The van der Waals surface area contributed by atoms with Crippen LogP contribution in [0.4, 0.5) is 4.79 Å². The molecule has 0 aromatic heterocycles. The summed E-state index contributed by atoms with van der Waals surface area (Å²) >= 11 is 1.31. The highest BCUT2D eigenvalue weighted by molar-refractivity contribution is 8.03. The Labute approximate surface area is 305 Å². The minimum atomic E-state index is -3.87. The predicted molar refractivity (Wildman–Crippen MR) is 199 cm³/mol. The first-order valence-corrected chi connectivity index (χ1v) is 21.4. The molecule has 50 heavy (non-hydrogen) atoms. The van der Waals surface area contributed by atoms with Crippen LogP contribution < -0.4 is 5.32 Å². The lowest BCUT2D eigenvalue weighted by Gasteiger charge is -2.24. The number of esters is 1. The van der Waals surface area contributed by atoms with E-state index in [0.717, 1.165) is 31.2 Å². The van der Waals surface area contributed by atoms with Gasteiger partial charge in [-0.1, -0.05) is 120 Å². The normalized spacial score (nSPS) is 18.8. The molecule has 1 aromatic rings. The zero-order valence-electron chi connectivity index (χ0n) is 30.5. The number of nitrogens with one attached hydrogen (secondary N) is 1. The molecule has 0 radical (unpaired) electrons. The predicted octanol–water partition coefficient (Wildman–Crippen LogP) is 8.83. The van der Waals surface area contributed by atoms with Crippen molar-refractivity contribution in [1.82, 2.24) is 10.2 Å². The first-order chi connectivity index (χ1) is 24.3. The van der Waals surface area contributed by atoms with E-state index in [1.54, 1.807) is 24.3 Å². The van der Waals surface area contributed by atoms with Gasteiger partial charge in [0.1, 0.15) is 6.61 Å². The van der Waals surface area contributed by atoms with Crippen LogP contribution in [0.25, 0.3) is 0 Å². The summed E-state index contributed by atoms with van der Waals surface area (Å²) in [6.45, 7) is 6.39. The van der Waals surface area contributed by atoms with Gasteiger partial charge in [-0.25, -0.2) is 8.98 Å². The molecule has 1 N–H and O–H groups in total. The minimum absolute atomic E-state index is 0.0956. The molecule has 1 saturated heterocycles. The Kier molecular flexibility index (Phi) is 20.9. The average molecular weight is 739 g/mol. The largest absolute Gasteiger partial charge is 0.463 e. The first-order valence-electron chi connectivity index (χ1n) is 19.0. The standard InChI is InChI=1S/C38H62N2O8S2/c1-3-4-5-6-7-8-9-10-11-12-13-14-17-24-39-37(42)47-30-33-28-34(45-29-33)31-46-36(41)19-16-15-18-25-40-26-27-49-38(40)48-50(43,44)35-22-20-32(2)21-23-35/h20-23,26-27,33-34,38H,3-19,24-25,28-31H2,1-2H3,(H,39,42). The van der Waals surface area contributed by atoms with Crippen LogP contribution in [0.5, 0.6) is 0 Å². The van der Waals surface area contributed by atoms with Gasteiger partial charge in [-0.15, -0.1) is 0 Å². The van der Waals surface area contributed by atoms with Crippen molar-refractivity contribution in [2.45, 2.75) is 146 Å². The van der Waals surface area contributed by atoms with Crippen molar-refractivity contribution in [3.05, 3.63) is 41.4 Å². The molecule has 0 bridgehead atoms. The van der Waals surface area contributed by atoms with Crippen LogP contribution >= 0.6 is 11.8 Å². The molecule has 0 aliphatic carbocycles. The van der Waals surface area contributed by atoms with Crippen LogP contribution in [-0.4, -0.2) is 70.0 Å². The molecule has 3 unspecified atom stereocenters. The second-order valence-corrected chi connectivity index (χ2v) is 16.2. The number of hydrogen-bond donors (Lipinski definition) is 1. The van der Waals surface area contributed by atoms with Gasteiger partial charge in [-0.05, 0) is 50.1 Å². The summed E-state index contributed by atoms with van der Waals surface area (Å²) in [5.41, 5.74) is 0.333. The second-order valence-electron chi connectivity index (χ2n) is 13.6. The molecule has 3 rings (SSSR count). The third-order valence-electron chi connectivity index (χ3n) is 9.13. The highest BCUT2D eigenvalue weighted by Gasteiger charge is 2.29. The first kappa shape index (κ1) is 42.1. The number of unbranched alkanes of at least 4 members (excludes halogenated alkanes) is 14. The Bertz CT molecular complexity index is 1230. The average Bonchev–Trinajstić information content (AvgIpc) is 3.75. The molecule has 1 fully saturated rings. The number of alkyl carbamates (subject to hydrolysis) is 1. The molecule has 2 aliphatic heterocycles. The molecule has 0 saturated carbocycles. The smallest absolute Gasteiger partial charge is 0.407 e. The molecule has 2 heterocycles. The maximum Gasteiger partial charge on any atom is 0.407 e. The molecule has 1 amide bonds. The molecular formula is C38H62N2O8S2. The molecule has 284 valence electrons. The molecule has 1 aromatic carbocycles. The van der Waals surface area contributed by atoms with E-state index in [1.165, 1.54) is 82.4 Å². The summed E-state index contributed by atoms with van der Waals surface area (Å²) in [4.78, 5) is 26.4. The van der Waals surface area contributed by atoms with E-state index in [-0.39, 0.29) is 35.6 Å². The molecule has 10 nitrogen and oxygen atoms in total. The summed E-state index contributed by atoms with van der Waals surface area (Å²) in [6, 6.07) is 6.59. The Morgan fingerprint density at radius 1 is 0.860 bits per heavy atom. The lowest BCUT2D eigenvalue weighted by Crippen LogP contribution is -2.30. The number of ether oxygens (including phenoxy) is 3. The van der Waals surface area contributed by atoms with Crippen molar-refractivity contribution in [3.63, 3.8) is 0 Å². The van der Waals surface area contributed by atoms with Gasteiger partial charge >= 0.3 is 12.1 Å². The summed E-state index contributed by atoms with van der Waals surface area (Å²) in [7, 11) is -3.87. The number of amides is 1. The fraction of sp³-hybridized carbons (Fsp3) is 0.737. The van der Waals surface area contributed by atoms with E-state index in [2.05, 4.69) is 12.2 Å². The zero-order valence-corrected chi connectivity index (χ0v) is 32.1. The van der Waals surface area contributed by atoms with Crippen molar-refractivity contribution in [1.29, 1.82) is 0 Å². The van der Waals surface area contributed by atoms with Crippen molar-refractivity contribution in [2.24, 2.45) is 5.92 Å². The SMILES string of the molecule is CCCCCCCCCCCCCCCNC(=O)OCC1COC(COC(=O)CCCCCN2C=CSC2OS(=O)(=O)c2ccc(C)cc2)C1. The van der Waals surface area contributed by atoms with E-state index in [0.29, 0.717) is 45.6 Å². The van der Waals surface area contributed by atoms with Crippen LogP contribution in [0, 0.1) is 12.8 Å². The van der Waals surface area contributed by atoms with Crippen molar-refractivity contribution in [2.75, 3.05) is 32.9 Å². The van der Waals surface area contributed by atoms with Crippen LogP contribution in [0.2, 0.25) is 0 Å². The quantitative estimate of drug-likeness (QED) is 0.0533. The number of carbonyl (C=O) groups excluding carboxylic acids is 2. The molecular weight excluding hydrogens is 677 g/mol. The van der Waals surface area contributed by atoms with Crippen LogP contribution in [0.1, 0.15) is 128 Å². The molecule has 12 heteroatoms. The van der Waals surface area contributed by atoms with Crippen LogP contribution in [0.15, 0.2) is 40.8 Å². The van der Waals surface area contributed by atoms with E-state index in [9.17, 15) is 18.0 Å². The van der Waals surface area contributed by atoms with E-state index < -0.39 is 15.7 Å². The number of hydrogen-bond acceptors (Lipinski definition) is 10. The third-order valence-corrected chi connectivity index (χ3v) is 11.4. The summed E-state index contributed by atoms with van der Waals surface area (Å²) in [6.07, 6.45) is 21.4. The second kappa shape index (κ2) is 24.8. The number of nitrogens with zero attached hydrogens (tertiary/aromatic N) is 1. The van der Waals surface area contributed by atoms with Gasteiger partial charge in [0.15, 0.2) is 0 Å². The van der Waals surface area contributed by atoms with Gasteiger partial charge in [0.05, 0.1) is 24.2 Å². The summed E-state index contributed by atoms with van der Waals surface area (Å²) in [5, 5.41) is 4.68. The number of thioether (sulfide) groups is 1. The third kappa shape index (κ3) is 17.8. The van der Waals surface area contributed by atoms with Crippen molar-refractivity contribution >= 4 is 33.9 Å². The zero-order chi connectivity index (χ0) is 35.9. The lowest BCUT2D eigenvalue weighted by atomic mass is 10.0. The van der Waals surface area contributed by atoms with E-state index in [1.807, 2.05) is 23.4 Å². The van der Waals surface area contributed by atoms with Gasteiger partial charge in [0, 0.05) is 31.6 Å².